The number of piperidine rings is 1. The quantitative estimate of drug-likeness (QED) is 0.866. The summed E-state index contributed by atoms with van der Waals surface area (Å²) >= 11 is 1.67. The predicted octanol–water partition coefficient (Wildman–Crippen LogP) is 1.35. The lowest BCUT2D eigenvalue weighted by Gasteiger charge is -2.29. The SMILES string of the molecule is CC(NC(=O)CN1CCC(N)CC1)c1cccs1. The van der Waals surface area contributed by atoms with Crippen LogP contribution in [-0.2, 0) is 4.79 Å². The van der Waals surface area contributed by atoms with Crippen LogP contribution >= 0.6 is 11.3 Å². The Morgan fingerprint density at radius 3 is 2.94 bits per heavy atom. The maximum absolute atomic E-state index is 11.9. The van der Waals surface area contributed by atoms with Crippen molar-refractivity contribution in [2.45, 2.75) is 31.8 Å². The highest BCUT2D eigenvalue weighted by Gasteiger charge is 2.19. The number of likely N-dealkylation sites (tertiary alicyclic amines) is 1. The molecule has 0 saturated carbocycles. The van der Waals surface area contributed by atoms with Crippen LogP contribution in [0.5, 0.6) is 0 Å². The summed E-state index contributed by atoms with van der Waals surface area (Å²) in [6.07, 6.45) is 1.99. The van der Waals surface area contributed by atoms with Crippen LogP contribution in [0.3, 0.4) is 0 Å². The standard InChI is InChI=1S/C13H21N3OS/c1-10(12-3-2-8-18-12)15-13(17)9-16-6-4-11(14)5-7-16/h2-3,8,10-11H,4-7,9,14H2,1H3,(H,15,17). The Labute approximate surface area is 112 Å². The molecule has 0 radical (unpaired) electrons. The smallest absolute Gasteiger partial charge is 0.234 e. The third-order valence-corrected chi connectivity index (χ3v) is 4.40. The van der Waals surface area contributed by atoms with Crippen LogP contribution in [0.15, 0.2) is 17.5 Å². The monoisotopic (exact) mass is 267 g/mol. The first kappa shape index (κ1) is 13.5. The van der Waals surface area contributed by atoms with Crippen LogP contribution in [0.4, 0.5) is 0 Å². The van der Waals surface area contributed by atoms with Crippen molar-refractivity contribution in [3.05, 3.63) is 22.4 Å². The molecular formula is C13H21N3OS. The molecule has 18 heavy (non-hydrogen) atoms. The number of nitrogens with two attached hydrogens (primary N) is 1. The van der Waals surface area contributed by atoms with E-state index in [1.54, 1.807) is 11.3 Å². The number of rotatable bonds is 4. The molecule has 1 aromatic rings. The second kappa shape index (κ2) is 6.31. The van der Waals surface area contributed by atoms with Gasteiger partial charge in [-0.3, -0.25) is 9.69 Å². The number of hydrogen-bond acceptors (Lipinski definition) is 4. The topological polar surface area (TPSA) is 58.4 Å². The maximum Gasteiger partial charge on any atom is 0.234 e. The molecule has 2 rings (SSSR count). The third-order valence-electron chi connectivity index (χ3n) is 3.35. The van der Waals surface area contributed by atoms with E-state index in [0.717, 1.165) is 25.9 Å². The second-order valence-corrected chi connectivity index (χ2v) is 5.90. The molecule has 4 nitrogen and oxygen atoms in total. The molecule has 0 aromatic carbocycles. The van der Waals surface area contributed by atoms with Gasteiger partial charge in [0.25, 0.3) is 0 Å². The summed E-state index contributed by atoms with van der Waals surface area (Å²) in [4.78, 5) is 15.3. The molecule has 1 amide bonds. The van der Waals surface area contributed by atoms with Gasteiger partial charge in [0, 0.05) is 24.0 Å². The molecule has 1 aliphatic rings. The van der Waals surface area contributed by atoms with Gasteiger partial charge in [-0.1, -0.05) is 6.07 Å². The maximum atomic E-state index is 11.9. The molecule has 1 fully saturated rings. The fourth-order valence-corrected chi connectivity index (χ4v) is 2.94. The van der Waals surface area contributed by atoms with Gasteiger partial charge in [0.1, 0.15) is 0 Å². The molecule has 2 heterocycles. The van der Waals surface area contributed by atoms with E-state index in [4.69, 9.17) is 5.73 Å². The first-order valence-electron chi connectivity index (χ1n) is 6.46. The normalized spacial score (nSPS) is 19.7. The largest absolute Gasteiger partial charge is 0.348 e. The van der Waals surface area contributed by atoms with Crippen molar-refractivity contribution in [1.82, 2.24) is 10.2 Å². The van der Waals surface area contributed by atoms with Gasteiger partial charge in [-0.25, -0.2) is 0 Å². The zero-order valence-corrected chi connectivity index (χ0v) is 11.6. The molecule has 1 unspecified atom stereocenters. The van der Waals surface area contributed by atoms with Crippen LogP contribution in [-0.4, -0.2) is 36.5 Å². The molecule has 1 aliphatic heterocycles. The summed E-state index contributed by atoms with van der Waals surface area (Å²) in [6, 6.07) is 4.48. The predicted molar refractivity (Wildman–Crippen MR) is 74.5 cm³/mol. The zero-order chi connectivity index (χ0) is 13.0. The highest BCUT2D eigenvalue weighted by molar-refractivity contribution is 7.10. The fourth-order valence-electron chi connectivity index (χ4n) is 2.21. The van der Waals surface area contributed by atoms with E-state index in [1.165, 1.54) is 4.88 Å². The minimum absolute atomic E-state index is 0.101. The third kappa shape index (κ3) is 3.80. The lowest BCUT2D eigenvalue weighted by Crippen LogP contribution is -2.44. The summed E-state index contributed by atoms with van der Waals surface area (Å²) in [5.74, 6) is 0.103. The average molecular weight is 267 g/mol. The number of amides is 1. The van der Waals surface area contributed by atoms with E-state index >= 15 is 0 Å². The second-order valence-electron chi connectivity index (χ2n) is 4.92. The van der Waals surface area contributed by atoms with Gasteiger partial charge in [0.05, 0.1) is 12.6 Å². The van der Waals surface area contributed by atoms with Crippen molar-refractivity contribution in [1.29, 1.82) is 0 Å². The van der Waals surface area contributed by atoms with Crippen LogP contribution < -0.4 is 11.1 Å². The van der Waals surface area contributed by atoms with Crippen LogP contribution in [0.2, 0.25) is 0 Å². The first-order valence-corrected chi connectivity index (χ1v) is 7.34. The van der Waals surface area contributed by atoms with E-state index in [2.05, 4.69) is 16.3 Å². The molecule has 0 bridgehead atoms. The fraction of sp³-hybridized carbons (Fsp3) is 0.615. The molecule has 0 aliphatic carbocycles. The molecule has 5 heteroatoms. The summed E-state index contributed by atoms with van der Waals surface area (Å²) in [6.45, 7) is 4.38. The average Bonchev–Trinajstić information content (AvgIpc) is 2.85. The van der Waals surface area contributed by atoms with E-state index in [9.17, 15) is 4.79 Å². The molecule has 0 spiro atoms. The van der Waals surface area contributed by atoms with Crippen molar-refractivity contribution in [3.63, 3.8) is 0 Å². The van der Waals surface area contributed by atoms with Gasteiger partial charge in [-0.15, -0.1) is 11.3 Å². The summed E-state index contributed by atoms with van der Waals surface area (Å²) in [5, 5.41) is 5.07. The van der Waals surface area contributed by atoms with Gasteiger partial charge < -0.3 is 11.1 Å². The van der Waals surface area contributed by atoms with E-state index in [1.807, 2.05) is 18.4 Å². The zero-order valence-electron chi connectivity index (χ0n) is 10.8. The van der Waals surface area contributed by atoms with Crippen LogP contribution in [0, 0.1) is 0 Å². The lowest BCUT2D eigenvalue weighted by molar-refractivity contribution is -0.123. The van der Waals surface area contributed by atoms with Gasteiger partial charge in [-0.2, -0.15) is 0 Å². The Balaban J connectivity index is 1.75. The molecule has 1 saturated heterocycles. The molecule has 100 valence electrons. The van der Waals surface area contributed by atoms with Crippen molar-refractivity contribution < 1.29 is 4.79 Å². The number of carbonyl (C=O) groups excluding carboxylic acids is 1. The molecule has 3 N–H and O–H groups in total. The van der Waals surface area contributed by atoms with Crippen molar-refractivity contribution >= 4 is 17.2 Å². The minimum Gasteiger partial charge on any atom is -0.348 e. The number of thiophene rings is 1. The van der Waals surface area contributed by atoms with Crippen LogP contribution in [0.1, 0.15) is 30.7 Å². The van der Waals surface area contributed by atoms with Crippen molar-refractivity contribution in [3.8, 4) is 0 Å². The van der Waals surface area contributed by atoms with Gasteiger partial charge in [-0.05, 0) is 31.2 Å². The Morgan fingerprint density at radius 1 is 1.61 bits per heavy atom. The Kier molecular flexibility index (Phi) is 4.74. The number of nitrogens with zero attached hydrogens (tertiary/aromatic N) is 1. The first-order chi connectivity index (χ1) is 8.65. The van der Waals surface area contributed by atoms with Crippen LogP contribution in [0.25, 0.3) is 0 Å². The van der Waals surface area contributed by atoms with Crippen molar-refractivity contribution in [2.24, 2.45) is 5.73 Å². The Morgan fingerprint density at radius 2 is 2.33 bits per heavy atom. The number of carbonyl (C=O) groups is 1. The van der Waals surface area contributed by atoms with E-state index < -0.39 is 0 Å². The Bertz CT molecular complexity index is 372. The minimum atomic E-state index is 0.101. The molecule has 1 atom stereocenters. The summed E-state index contributed by atoms with van der Waals surface area (Å²) in [7, 11) is 0. The van der Waals surface area contributed by atoms with Gasteiger partial charge in [0.15, 0.2) is 0 Å². The summed E-state index contributed by atoms with van der Waals surface area (Å²) in [5.41, 5.74) is 5.85. The van der Waals surface area contributed by atoms with Crippen molar-refractivity contribution in [2.75, 3.05) is 19.6 Å². The van der Waals surface area contributed by atoms with E-state index in [-0.39, 0.29) is 11.9 Å². The Hall–Kier alpha value is -0.910. The lowest BCUT2D eigenvalue weighted by atomic mass is 10.1. The highest BCUT2D eigenvalue weighted by Crippen LogP contribution is 2.18. The molecule has 1 aromatic heterocycles. The van der Waals surface area contributed by atoms with E-state index in [0.29, 0.717) is 12.6 Å². The number of nitrogens with one attached hydrogen (secondary N) is 1. The van der Waals surface area contributed by atoms with Gasteiger partial charge >= 0.3 is 0 Å². The summed E-state index contributed by atoms with van der Waals surface area (Å²) < 4.78 is 0. The molecular weight excluding hydrogens is 246 g/mol. The van der Waals surface area contributed by atoms with Gasteiger partial charge in [0.2, 0.25) is 5.91 Å². The highest BCUT2D eigenvalue weighted by atomic mass is 32.1. The number of hydrogen-bond donors (Lipinski definition) is 2.